The Morgan fingerprint density at radius 1 is 1.00 bits per heavy atom. The van der Waals surface area contributed by atoms with Crippen molar-refractivity contribution in [2.45, 2.75) is 50.6 Å². The van der Waals surface area contributed by atoms with E-state index in [1.165, 1.54) is 22.2 Å². The average Bonchev–Trinajstić information content (AvgIpc) is 3.83. The standard InChI is InChI=1S/C35H34N4O5S/c1-2-24-11-6-12-28(21-24)37-34-39(22-29-13-8-20-43-29)33(41)31(45-34)26-15-17-27(18-16-26)36-32(40)30-14-7-19-38(30)35(42)44-23-25-9-4-3-5-10-25/h3-6,8-13,15-18,20-21,30-31H,2,7,14,19,22-23H2,1H3,(H,36,40)/t30-,31?/m0/s1. The minimum absolute atomic E-state index is 0.0887. The van der Waals surface area contributed by atoms with E-state index in [0.29, 0.717) is 29.6 Å². The van der Waals surface area contributed by atoms with E-state index in [4.69, 9.17) is 14.1 Å². The van der Waals surface area contributed by atoms with E-state index in [-0.39, 0.29) is 25.0 Å². The summed E-state index contributed by atoms with van der Waals surface area (Å²) in [5, 5.41) is 3.04. The summed E-state index contributed by atoms with van der Waals surface area (Å²) in [5.41, 5.74) is 4.23. The number of furan rings is 1. The number of anilines is 1. The zero-order valence-corrected chi connectivity index (χ0v) is 25.7. The molecule has 3 amide bonds. The number of nitrogens with zero attached hydrogens (tertiary/aromatic N) is 3. The van der Waals surface area contributed by atoms with E-state index < -0.39 is 17.4 Å². The number of amidine groups is 1. The Morgan fingerprint density at radius 3 is 2.56 bits per heavy atom. The predicted molar refractivity (Wildman–Crippen MR) is 174 cm³/mol. The lowest BCUT2D eigenvalue weighted by atomic mass is 10.1. The topological polar surface area (TPSA) is 104 Å². The van der Waals surface area contributed by atoms with Crippen LogP contribution >= 0.6 is 11.8 Å². The fourth-order valence-electron chi connectivity index (χ4n) is 5.44. The molecule has 0 saturated carbocycles. The minimum atomic E-state index is -0.611. The van der Waals surface area contributed by atoms with E-state index in [1.807, 2.05) is 66.7 Å². The summed E-state index contributed by atoms with van der Waals surface area (Å²) >= 11 is 1.40. The van der Waals surface area contributed by atoms with Crippen molar-refractivity contribution in [1.82, 2.24) is 9.80 Å². The van der Waals surface area contributed by atoms with Gasteiger partial charge in [-0.15, -0.1) is 0 Å². The van der Waals surface area contributed by atoms with Crippen LogP contribution in [-0.2, 0) is 33.9 Å². The maximum absolute atomic E-state index is 13.7. The Kier molecular flexibility index (Phi) is 9.30. The van der Waals surface area contributed by atoms with Gasteiger partial charge in [0.25, 0.3) is 0 Å². The van der Waals surface area contributed by atoms with Crippen LogP contribution in [0.3, 0.4) is 0 Å². The molecule has 3 aromatic carbocycles. The Bertz CT molecular complexity index is 1670. The van der Waals surface area contributed by atoms with Crippen molar-refractivity contribution in [3.8, 4) is 0 Å². The first-order valence-electron chi connectivity index (χ1n) is 15.0. The molecule has 230 valence electrons. The number of thioether (sulfide) groups is 1. The molecule has 9 nitrogen and oxygen atoms in total. The zero-order chi connectivity index (χ0) is 31.2. The van der Waals surface area contributed by atoms with Crippen LogP contribution in [0.25, 0.3) is 0 Å². The maximum Gasteiger partial charge on any atom is 0.410 e. The number of aryl methyl sites for hydroxylation is 1. The third kappa shape index (κ3) is 7.12. The number of hydrogen-bond acceptors (Lipinski definition) is 7. The van der Waals surface area contributed by atoms with Crippen molar-refractivity contribution in [3.63, 3.8) is 0 Å². The third-order valence-corrected chi connectivity index (χ3v) is 9.09. The van der Waals surface area contributed by atoms with Gasteiger partial charge < -0.3 is 14.5 Å². The Labute approximate surface area is 266 Å². The highest BCUT2D eigenvalue weighted by molar-refractivity contribution is 8.15. The highest BCUT2D eigenvalue weighted by Crippen LogP contribution is 2.41. The number of carbonyl (C=O) groups excluding carboxylic acids is 3. The van der Waals surface area contributed by atoms with Crippen LogP contribution in [0.2, 0.25) is 0 Å². The summed E-state index contributed by atoms with van der Waals surface area (Å²) in [5.74, 6) is 0.313. The lowest BCUT2D eigenvalue weighted by Gasteiger charge is -2.23. The Morgan fingerprint density at radius 2 is 1.80 bits per heavy atom. The van der Waals surface area contributed by atoms with Crippen LogP contribution < -0.4 is 5.32 Å². The van der Waals surface area contributed by atoms with Gasteiger partial charge >= 0.3 is 6.09 Å². The van der Waals surface area contributed by atoms with E-state index >= 15 is 0 Å². The summed E-state index contributed by atoms with van der Waals surface area (Å²) in [6.45, 7) is 2.99. The molecule has 2 fully saturated rings. The molecule has 10 heteroatoms. The second-order valence-electron chi connectivity index (χ2n) is 10.9. The first-order chi connectivity index (χ1) is 22.0. The summed E-state index contributed by atoms with van der Waals surface area (Å²) in [6, 6.07) is 27.7. The van der Waals surface area contributed by atoms with Gasteiger partial charge in [0.1, 0.15) is 23.7 Å². The van der Waals surface area contributed by atoms with Crippen LogP contribution in [0.4, 0.5) is 16.2 Å². The quantitative estimate of drug-likeness (QED) is 0.214. The Hall–Kier alpha value is -4.83. The smallest absolute Gasteiger partial charge is 0.410 e. The van der Waals surface area contributed by atoms with E-state index in [1.54, 1.807) is 29.4 Å². The number of ether oxygens (including phenoxy) is 1. The number of hydrogen-bond donors (Lipinski definition) is 1. The molecule has 1 aromatic heterocycles. The molecule has 2 aliphatic heterocycles. The largest absolute Gasteiger partial charge is 0.467 e. The monoisotopic (exact) mass is 622 g/mol. The lowest BCUT2D eigenvalue weighted by Crippen LogP contribution is -2.43. The number of carbonyl (C=O) groups is 3. The number of likely N-dealkylation sites (tertiary alicyclic amines) is 1. The lowest BCUT2D eigenvalue weighted by molar-refractivity contribution is -0.126. The van der Waals surface area contributed by atoms with Gasteiger partial charge in [0.2, 0.25) is 11.8 Å². The maximum atomic E-state index is 13.7. The molecular weight excluding hydrogens is 588 g/mol. The number of amides is 3. The fourth-order valence-corrected chi connectivity index (χ4v) is 6.61. The van der Waals surface area contributed by atoms with Crippen molar-refractivity contribution >= 4 is 46.2 Å². The molecule has 6 rings (SSSR count). The van der Waals surface area contributed by atoms with Crippen molar-refractivity contribution in [2.75, 3.05) is 11.9 Å². The molecule has 0 radical (unpaired) electrons. The molecule has 0 bridgehead atoms. The van der Waals surface area contributed by atoms with Gasteiger partial charge in [-0.2, -0.15) is 0 Å². The molecule has 2 aliphatic rings. The second-order valence-corrected chi connectivity index (χ2v) is 12.0. The summed E-state index contributed by atoms with van der Waals surface area (Å²) in [4.78, 5) is 47.7. The van der Waals surface area contributed by atoms with Crippen LogP contribution in [0.1, 0.15) is 47.5 Å². The molecule has 0 aliphatic carbocycles. The fraction of sp³-hybridized carbons (Fsp3) is 0.257. The third-order valence-electron chi connectivity index (χ3n) is 7.86. The first kappa shape index (κ1) is 30.2. The molecular formula is C35H34N4O5S. The van der Waals surface area contributed by atoms with Gasteiger partial charge in [-0.25, -0.2) is 9.79 Å². The van der Waals surface area contributed by atoms with Crippen molar-refractivity contribution in [3.05, 3.63) is 120 Å². The predicted octanol–water partition coefficient (Wildman–Crippen LogP) is 7.09. The molecule has 1 unspecified atom stereocenters. The van der Waals surface area contributed by atoms with Crippen LogP contribution in [0, 0.1) is 0 Å². The summed E-state index contributed by atoms with van der Waals surface area (Å²) in [6.07, 6.45) is 3.27. The number of nitrogens with one attached hydrogen (secondary N) is 1. The van der Waals surface area contributed by atoms with Crippen LogP contribution in [0.15, 0.2) is 107 Å². The van der Waals surface area contributed by atoms with Gasteiger partial charge in [-0.05, 0) is 72.4 Å². The Balaban J connectivity index is 1.13. The van der Waals surface area contributed by atoms with Gasteiger partial charge in [0, 0.05) is 12.2 Å². The molecule has 2 saturated heterocycles. The number of aliphatic imine (C=N–C) groups is 1. The first-order valence-corrected chi connectivity index (χ1v) is 15.9. The zero-order valence-electron chi connectivity index (χ0n) is 24.9. The van der Waals surface area contributed by atoms with Crippen LogP contribution in [0.5, 0.6) is 0 Å². The van der Waals surface area contributed by atoms with E-state index in [9.17, 15) is 14.4 Å². The number of benzene rings is 3. The van der Waals surface area contributed by atoms with Crippen molar-refractivity contribution in [2.24, 2.45) is 4.99 Å². The highest BCUT2D eigenvalue weighted by Gasteiger charge is 2.40. The van der Waals surface area contributed by atoms with Gasteiger partial charge in [0.05, 0.1) is 18.5 Å². The van der Waals surface area contributed by atoms with Crippen LogP contribution in [-0.4, -0.2) is 45.5 Å². The average molecular weight is 623 g/mol. The van der Waals surface area contributed by atoms with Gasteiger partial charge in [-0.3, -0.25) is 19.4 Å². The van der Waals surface area contributed by atoms with Crippen molar-refractivity contribution in [1.29, 1.82) is 0 Å². The van der Waals surface area contributed by atoms with Gasteiger partial charge in [-0.1, -0.05) is 73.3 Å². The normalized spacial score (nSPS) is 18.9. The summed E-state index contributed by atoms with van der Waals surface area (Å²) < 4.78 is 11.0. The highest BCUT2D eigenvalue weighted by atomic mass is 32.2. The van der Waals surface area contributed by atoms with Gasteiger partial charge in [0.15, 0.2) is 5.17 Å². The molecule has 3 heterocycles. The van der Waals surface area contributed by atoms with E-state index in [0.717, 1.165) is 29.7 Å². The second kappa shape index (κ2) is 13.9. The molecule has 4 aromatic rings. The summed E-state index contributed by atoms with van der Waals surface area (Å²) in [7, 11) is 0. The molecule has 0 spiro atoms. The number of rotatable bonds is 9. The molecule has 2 atom stereocenters. The minimum Gasteiger partial charge on any atom is -0.467 e. The SMILES string of the molecule is CCc1cccc(N=C2SC(c3ccc(NC(=O)[C@@H]4CCCN4C(=O)OCc4ccccc4)cc3)C(=O)N2Cc2ccco2)c1. The van der Waals surface area contributed by atoms with Crippen molar-refractivity contribution < 1.29 is 23.5 Å². The molecule has 45 heavy (non-hydrogen) atoms. The van der Waals surface area contributed by atoms with E-state index in [2.05, 4.69) is 18.3 Å². The molecule has 1 N–H and O–H groups in total.